The number of nitrogens with zero attached hydrogens (tertiary/aromatic N) is 2. The quantitative estimate of drug-likeness (QED) is 0.301. The van der Waals surface area contributed by atoms with Crippen LogP contribution in [0.2, 0.25) is 0 Å². The molecule has 114 valence electrons. The fraction of sp³-hybridized carbons (Fsp3) is 0.923. The van der Waals surface area contributed by atoms with Crippen molar-refractivity contribution in [3.63, 3.8) is 0 Å². The molecule has 0 radical (unpaired) electrons. The zero-order valence-electron chi connectivity index (χ0n) is 12.2. The average Bonchev–Trinajstić information content (AvgIpc) is 2.39. The second-order valence-corrected chi connectivity index (χ2v) is 4.93. The monoisotopic (exact) mass is 384 g/mol. The molecule has 0 spiro atoms. The molecular formula is C13H29IN4O. The molecule has 3 N–H and O–H groups in total. The van der Waals surface area contributed by atoms with E-state index < -0.39 is 0 Å². The van der Waals surface area contributed by atoms with Gasteiger partial charge in [-0.2, -0.15) is 0 Å². The van der Waals surface area contributed by atoms with Crippen LogP contribution in [0.3, 0.4) is 0 Å². The molecule has 1 saturated heterocycles. The Balaban J connectivity index is 0.00000324. The van der Waals surface area contributed by atoms with E-state index in [4.69, 9.17) is 10.5 Å². The Morgan fingerprint density at radius 1 is 1.42 bits per heavy atom. The normalized spacial score (nSPS) is 18.1. The lowest BCUT2D eigenvalue weighted by Crippen LogP contribution is -2.37. The van der Waals surface area contributed by atoms with E-state index in [9.17, 15) is 0 Å². The molecule has 0 bridgehead atoms. The summed E-state index contributed by atoms with van der Waals surface area (Å²) < 4.78 is 4.94. The van der Waals surface area contributed by atoms with E-state index in [-0.39, 0.29) is 24.0 Å². The van der Waals surface area contributed by atoms with Crippen LogP contribution in [-0.2, 0) is 4.74 Å². The van der Waals surface area contributed by atoms with Gasteiger partial charge in [-0.1, -0.05) is 6.92 Å². The maximum atomic E-state index is 5.78. The fourth-order valence-corrected chi connectivity index (χ4v) is 2.27. The summed E-state index contributed by atoms with van der Waals surface area (Å²) in [5.74, 6) is 1.24. The van der Waals surface area contributed by atoms with E-state index in [2.05, 4.69) is 22.1 Å². The zero-order chi connectivity index (χ0) is 13.2. The van der Waals surface area contributed by atoms with Crippen molar-refractivity contribution in [1.82, 2.24) is 10.2 Å². The first kappa shape index (κ1) is 18.9. The number of nitrogens with two attached hydrogens (primary N) is 1. The Hall–Kier alpha value is -0.0800. The predicted octanol–water partition coefficient (Wildman–Crippen LogP) is 1.28. The molecule has 6 heteroatoms. The summed E-state index contributed by atoms with van der Waals surface area (Å²) in [5.41, 5.74) is 5.78. The number of methoxy groups -OCH3 is 1. The van der Waals surface area contributed by atoms with E-state index in [1.165, 1.54) is 38.9 Å². The summed E-state index contributed by atoms with van der Waals surface area (Å²) in [6.07, 6.45) is 3.74. The van der Waals surface area contributed by atoms with Gasteiger partial charge in [-0.15, -0.1) is 24.0 Å². The minimum Gasteiger partial charge on any atom is -0.383 e. The maximum absolute atomic E-state index is 5.78. The van der Waals surface area contributed by atoms with Crippen LogP contribution in [0.25, 0.3) is 0 Å². The number of likely N-dealkylation sites (tertiary alicyclic amines) is 1. The molecule has 0 unspecified atom stereocenters. The Morgan fingerprint density at radius 2 is 2.11 bits per heavy atom. The van der Waals surface area contributed by atoms with Gasteiger partial charge in [-0.25, -0.2) is 0 Å². The van der Waals surface area contributed by atoms with Crippen molar-refractivity contribution in [3.8, 4) is 0 Å². The second kappa shape index (κ2) is 11.7. The third-order valence-corrected chi connectivity index (χ3v) is 3.38. The third kappa shape index (κ3) is 8.65. The first-order valence-electron chi connectivity index (χ1n) is 7.01. The van der Waals surface area contributed by atoms with Gasteiger partial charge in [-0.3, -0.25) is 4.99 Å². The van der Waals surface area contributed by atoms with E-state index in [0.29, 0.717) is 18.5 Å². The van der Waals surface area contributed by atoms with Gasteiger partial charge in [-0.05, 0) is 44.8 Å². The minimum atomic E-state index is 0. The highest BCUT2D eigenvalue weighted by atomic mass is 127. The largest absolute Gasteiger partial charge is 0.383 e. The number of guanidine groups is 1. The number of hydrogen-bond acceptors (Lipinski definition) is 3. The molecule has 5 nitrogen and oxygen atoms in total. The molecule has 1 heterocycles. The molecule has 0 aromatic carbocycles. The average molecular weight is 384 g/mol. The minimum absolute atomic E-state index is 0. The van der Waals surface area contributed by atoms with Crippen LogP contribution >= 0.6 is 24.0 Å². The summed E-state index contributed by atoms with van der Waals surface area (Å²) in [6, 6.07) is 0. The van der Waals surface area contributed by atoms with Crippen molar-refractivity contribution in [1.29, 1.82) is 0 Å². The first-order chi connectivity index (χ1) is 8.76. The van der Waals surface area contributed by atoms with E-state index in [1.807, 2.05) is 0 Å². The molecule has 1 aliphatic rings. The smallest absolute Gasteiger partial charge is 0.188 e. The van der Waals surface area contributed by atoms with Gasteiger partial charge >= 0.3 is 0 Å². The van der Waals surface area contributed by atoms with Crippen LogP contribution in [0, 0.1) is 5.92 Å². The van der Waals surface area contributed by atoms with Crippen molar-refractivity contribution in [2.75, 3.05) is 46.4 Å². The van der Waals surface area contributed by atoms with Crippen LogP contribution in [0.4, 0.5) is 0 Å². The van der Waals surface area contributed by atoms with Crippen LogP contribution in [0.1, 0.15) is 26.2 Å². The SMILES string of the molecule is CCCN1CCC(CN=C(N)NCCOC)CC1.I. The Kier molecular flexibility index (Phi) is 11.7. The van der Waals surface area contributed by atoms with Gasteiger partial charge in [0.2, 0.25) is 0 Å². The number of ether oxygens (including phenoxy) is 1. The summed E-state index contributed by atoms with van der Waals surface area (Å²) in [7, 11) is 1.68. The van der Waals surface area contributed by atoms with E-state index >= 15 is 0 Å². The molecule has 1 rings (SSSR count). The van der Waals surface area contributed by atoms with Crippen LogP contribution in [0.15, 0.2) is 4.99 Å². The molecule has 19 heavy (non-hydrogen) atoms. The van der Waals surface area contributed by atoms with Gasteiger partial charge in [0.15, 0.2) is 5.96 Å². The molecule has 0 saturated carbocycles. The number of piperidine rings is 1. The second-order valence-electron chi connectivity index (χ2n) is 4.93. The van der Waals surface area contributed by atoms with Crippen molar-refractivity contribution < 1.29 is 4.74 Å². The molecule has 0 atom stereocenters. The zero-order valence-corrected chi connectivity index (χ0v) is 14.6. The van der Waals surface area contributed by atoms with Crippen molar-refractivity contribution >= 4 is 29.9 Å². The van der Waals surface area contributed by atoms with E-state index in [1.54, 1.807) is 7.11 Å². The lowest BCUT2D eigenvalue weighted by molar-refractivity contribution is 0.188. The number of halogens is 1. The predicted molar refractivity (Wildman–Crippen MR) is 91.2 cm³/mol. The molecule has 0 aliphatic carbocycles. The Labute approximate surface area is 134 Å². The summed E-state index contributed by atoms with van der Waals surface area (Å²) in [6.45, 7) is 8.13. The molecule has 1 fully saturated rings. The molecule has 0 aromatic rings. The van der Waals surface area contributed by atoms with Crippen molar-refractivity contribution in [3.05, 3.63) is 0 Å². The molecule has 0 aromatic heterocycles. The van der Waals surface area contributed by atoms with Gasteiger partial charge in [0.25, 0.3) is 0 Å². The lowest BCUT2D eigenvalue weighted by Gasteiger charge is -2.30. The van der Waals surface area contributed by atoms with Gasteiger partial charge in [0.1, 0.15) is 0 Å². The number of aliphatic imine (C=N–C) groups is 1. The van der Waals surface area contributed by atoms with Crippen LogP contribution in [0.5, 0.6) is 0 Å². The van der Waals surface area contributed by atoms with E-state index in [0.717, 1.165) is 13.1 Å². The molecule has 0 amide bonds. The topological polar surface area (TPSA) is 62.9 Å². The maximum Gasteiger partial charge on any atom is 0.188 e. The number of hydrogen-bond donors (Lipinski definition) is 2. The van der Waals surface area contributed by atoms with Crippen LogP contribution in [-0.4, -0.2) is 57.3 Å². The number of nitrogens with one attached hydrogen (secondary N) is 1. The molecular weight excluding hydrogens is 355 g/mol. The van der Waals surface area contributed by atoms with Gasteiger partial charge in [0, 0.05) is 20.2 Å². The number of rotatable bonds is 7. The summed E-state index contributed by atoms with van der Waals surface area (Å²) in [5, 5.41) is 3.04. The Bertz CT molecular complexity index is 243. The van der Waals surface area contributed by atoms with Gasteiger partial charge < -0.3 is 20.7 Å². The highest BCUT2D eigenvalue weighted by Gasteiger charge is 2.17. The highest BCUT2D eigenvalue weighted by molar-refractivity contribution is 14.0. The fourth-order valence-electron chi connectivity index (χ4n) is 2.27. The first-order valence-corrected chi connectivity index (χ1v) is 7.01. The van der Waals surface area contributed by atoms with Gasteiger partial charge in [0.05, 0.1) is 6.61 Å². The Morgan fingerprint density at radius 3 is 2.68 bits per heavy atom. The third-order valence-electron chi connectivity index (χ3n) is 3.38. The highest BCUT2D eigenvalue weighted by Crippen LogP contribution is 2.17. The lowest BCUT2D eigenvalue weighted by atomic mass is 9.97. The van der Waals surface area contributed by atoms with Crippen molar-refractivity contribution in [2.24, 2.45) is 16.6 Å². The van der Waals surface area contributed by atoms with Crippen molar-refractivity contribution in [2.45, 2.75) is 26.2 Å². The van der Waals surface area contributed by atoms with Crippen LogP contribution < -0.4 is 11.1 Å². The molecule has 1 aliphatic heterocycles. The standard InChI is InChI=1S/C13H28N4O.HI/c1-3-7-17-8-4-12(5-9-17)11-16-13(14)15-6-10-18-2;/h12H,3-11H2,1-2H3,(H3,14,15,16);1H. The summed E-state index contributed by atoms with van der Waals surface area (Å²) in [4.78, 5) is 6.94. The summed E-state index contributed by atoms with van der Waals surface area (Å²) >= 11 is 0.